The summed E-state index contributed by atoms with van der Waals surface area (Å²) >= 11 is 0. The molecule has 0 amide bonds. The minimum absolute atomic E-state index is 0.00693. The highest BCUT2D eigenvalue weighted by atomic mass is 32.2. The third kappa shape index (κ3) is 4.00. The summed E-state index contributed by atoms with van der Waals surface area (Å²) in [6.07, 6.45) is 4.86. The Morgan fingerprint density at radius 2 is 2.11 bits per heavy atom. The van der Waals surface area contributed by atoms with Crippen LogP contribution >= 0.6 is 0 Å². The zero-order valence-electron chi connectivity index (χ0n) is 17.3. The Hall–Kier alpha value is -1.38. The SMILES string of the molecule is CC1(C)[C@@H]2CC[C@@]1(CS(=O)/N=C/c1cccc([N+](=O)[O-])c1)[C@H](O[Si](C)(C)C)C2. The summed E-state index contributed by atoms with van der Waals surface area (Å²) < 4.78 is 23.7. The summed E-state index contributed by atoms with van der Waals surface area (Å²) in [6.45, 7) is 11.2. The van der Waals surface area contributed by atoms with Crippen molar-refractivity contribution in [2.24, 2.45) is 21.1 Å². The Morgan fingerprint density at radius 1 is 1.39 bits per heavy atom. The van der Waals surface area contributed by atoms with Crippen LogP contribution in [0.5, 0.6) is 0 Å². The number of benzene rings is 1. The largest absolute Gasteiger partial charge is 0.414 e. The number of rotatable bonds is 7. The van der Waals surface area contributed by atoms with E-state index in [-0.39, 0.29) is 22.6 Å². The van der Waals surface area contributed by atoms with Crippen molar-refractivity contribution in [2.45, 2.75) is 58.9 Å². The van der Waals surface area contributed by atoms with E-state index in [9.17, 15) is 14.3 Å². The van der Waals surface area contributed by atoms with Crippen LogP contribution in [0, 0.1) is 26.9 Å². The van der Waals surface area contributed by atoms with Gasteiger partial charge in [-0.1, -0.05) is 26.0 Å². The number of hydrogen-bond acceptors (Lipinski definition) is 4. The predicted octanol–water partition coefficient (Wildman–Crippen LogP) is 4.72. The van der Waals surface area contributed by atoms with E-state index in [0.717, 1.165) is 19.3 Å². The fraction of sp³-hybridized carbons (Fsp3) is 0.650. The van der Waals surface area contributed by atoms with Crippen LogP contribution in [0.3, 0.4) is 0 Å². The standard InChI is InChI=1S/C20H30N2O4SSi/c1-19(2)16-9-10-20(19,18(12-16)26-28(3,4)5)14-27(25)21-13-15-7-6-8-17(11-15)22(23)24/h6-8,11,13,16,18H,9-10,12,14H2,1-5H3/b21-13+/t16-,18-,20-,27?/m1/s1. The normalized spacial score (nSPS) is 30.0. The molecule has 2 bridgehead atoms. The van der Waals surface area contributed by atoms with E-state index in [1.165, 1.54) is 18.3 Å². The molecule has 28 heavy (non-hydrogen) atoms. The van der Waals surface area contributed by atoms with Crippen molar-refractivity contribution in [3.05, 3.63) is 39.9 Å². The van der Waals surface area contributed by atoms with Crippen molar-refractivity contribution in [3.63, 3.8) is 0 Å². The molecule has 8 heteroatoms. The topological polar surface area (TPSA) is 81.8 Å². The van der Waals surface area contributed by atoms with Crippen molar-refractivity contribution in [2.75, 3.05) is 5.75 Å². The second-order valence-corrected chi connectivity index (χ2v) is 15.2. The average molecular weight is 423 g/mol. The molecule has 0 N–H and O–H groups in total. The Morgan fingerprint density at radius 3 is 2.71 bits per heavy atom. The second-order valence-electron chi connectivity index (χ2n) is 9.62. The predicted molar refractivity (Wildman–Crippen MR) is 115 cm³/mol. The van der Waals surface area contributed by atoms with Gasteiger partial charge in [0.25, 0.3) is 5.69 Å². The molecule has 4 atom stereocenters. The zero-order chi connectivity index (χ0) is 20.7. The summed E-state index contributed by atoms with van der Waals surface area (Å²) in [4.78, 5) is 10.5. The van der Waals surface area contributed by atoms with E-state index in [1.54, 1.807) is 12.1 Å². The van der Waals surface area contributed by atoms with Crippen LogP contribution < -0.4 is 0 Å². The number of nitro benzene ring substituents is 1. The minimum Gasteiger partial charge on any atom is -0.414 e. The molecule has 3 rings (SSSR count). The van der Waals surface area contributed by atoms with Gasteiger partial charge in [0.1, 0.15) is 11.0 Å². The van der Waals surface area contributed by atoms with Gasteiger partial charge in [-0.15, -0.1) is 0 Å². The molecule has 0 aliphatic heterocycles. The van der Waals surface area contributed by atoms with Crippen LogP contribution in [0.1, 0.15) is 38.7 Å². The third-order valence-corrected chi connectivity index (χ3v) is 8.73. The highest BCUT2D eigenvalue weighted by Crippen LogP contribution is 2.67. The molecule has 0 radical (unpaired) electrons. The zero-order valence-corrected chi connectivity index (χ0v) is 19.1. The molecule has 0 spiro atoms. The van der Waals surface area contributed by atoms with Crippen molar-refractivity contribution >= 4 is 31.2 Å². The molecule has 6 nitrogen and oxygen atoms in total. The highest BCUT2D eigenvalue weighted by molar-refractivity contribution is 7.83. The number of non-ortho nitro benzene ring substituents is 1. The lowest BCUT2D eigenvalue weighted by molar-refractivity contribution is -0.384. The Kier molecular flexibility index (Phi) is 5.68. The van der Waals surface area contributed by atoms with Gasteiger partial charge in [0, 0.05) is 29.3 Å². The first-order valence-electron chi connectivity index (χ1n) is 9.79. The Balaban J connectivity index is 1.79. The van der Waals surface area contributed by atoms with Gasteiger partial charge < -0.3 is 4.43 Å². The molecule has 154 valence electrons. The smallest absolute Gasteiger partial charge is 0.270 e. The Labute approximate surface area is 170 Å². The van der Waals surface area contributed by atoms with Crippen molar-refractivity contribution in [1.82, 2.24) is 0 Å². The fourth-order valence-corrected chi connectivity index (χ4v) is 7.66. The molecular weight excluding hydrogens is 392 g/mol. The van der Waals surface area contributed by atoms with Gasteiger partial charge in [-0.3, -0.25) is 10.1 Å². The van der Waals surface area contributed by atoms with Gasteiger partial charge in [-0.25, -0.2) is 4.21 Å². The molecule has 2 aliphatic rings. The monoisotopic (exact) mass is 422 g/mol. The number of hydrogen-bond donors (Lipinski definition) is 0. The van der Waals surface area contributed by atoms with Crippen LogP contribution in [0.15, 0.2) is 28.7 Å². The summed E-state index contributed by atoms with van der Waals surface area (Å²) in [5.41, 5.74) is 0.550. The molecule has 0 aromatic heterocycles. The molecule has 2 aliphatic carbocycles. The fourth-order valence-electron chi connectivity index (χ4n) is 5.03. The van der Waals surface area contributed by atoms with E-state index in [4.69, 9.17) is 4.43 Å². The van der Waals surface area contributed by atoms with Gasteiger partial charge in [0.2, 0.25) is 0 Å². The molecule has 0 saturated heterocycles. The lowest BCUT2D eigenvalue weighted by Gasteiger charge is -2.43. The van der Waals surface area contributed by atoms with Gasteiger partial charge in [-0.2, -0.15) is 4.40 Å². The van der Waals surface area contributed by atoms with E-state index < -0.39 is 24.2 Å². The summed E-state index contributed by atoms with van der Waals surface area (Å²) in [5.74, 6) is 1.09. The number of nitro groups is 1. The van der Waals surface area contributed by atoms with Crippen molar-refractivity contribution in [3.8, 4) is 0 Å². The lowest BCUT2D eigenvalue weighted by atomic mass is 9.70. The first kappa shape index (κ1) is 21.3. The minimum atomic E-state index is -1.71. The van der Waals surface area contributed by atoms with Gasteiger partial charge in [0.05, 0.1) is 16.8 Å². The maximum atomic E-state index is 12.9. The highest BCUT2D eigenvalue weighted by Gasteiger charge is 2.65. The molecular formula is C20H30N2O4SSi. The molecule has 1 unspecified atom stereocenters. The number of fused-ring (bicyclic) bond motifs is 2. The maximum Gasteiger partial charge on any atom is 0.270 e. The van der Waals surface area contributed by atoms with Crippen LogP contribution in [-0.2, 0) is 15.4 Å². The van der Waals surface area contributed by atoms with Crippen LogP contribution in [-0.4, -0.2) is 35.5 Å². The quantitative estimate of drug-likeness (QED) is 0.275. The first-order chi connectivity index (χ1) is 12.9. The van der Waals surface area contributed by atoms with Crippen LogP contribution in [0.2, 0.25) is 19.6 Å². The number of nitrogens with zero attached hydrogens (tertiary/aromatic N) is 2. The van der Waals surface area contributed by atoms with Gasteiger partial charge in [0.15, 0.2) is 8.32 Å². The average Bonchev–Trinajstić information content (AvgIpc) is 2.93. The Bertz CT molecular complexity index is 821. The van der Waals surface area contributed by atoms with Crippen molar-refractivity contribution < 1.29 is 13.6 Å². The van der Waals surface area contributed by atoms with Crippen molar-refractivity contribution in [1.29, 1.82) is 0 Å². The first-order valence-corrected chi connectivity index (χ1v) is 14.5. The summed E-state index contributed by atoms with van der Waals surface area (Å²) in [5, 5.41) is 10.9. The lowest BCUT2D eigenvalue weighted by Crippen LogP contribution is -2.47. The summed E-state index contributed by atoms with van der Waals surface area (Å²) in [7, 11) is -3.11. The molecule has 0 heterocycles. The van der Waals surface area contributed by atoms with Gasteiger partial charge in [-0.05, 0) is 50.2 Å². The van der Waals surface area contributed by atoms with Crippen LogP contribution in [0.4, 0.5) is 5.69 Å². The second kappa shape index (κ2) is 7.46. The van der Waals surface area contributed by atoms with E-state index in [1.807, 2.05) is 0 Å². The molecule has 1 aromatic carbocycles. The third-order valence-electron chi connectivity index (χ3n) is 6.63. The molecule has 1 aromatic rings. The van der Waals surface area contributed by atoms with Crippen LogP contribution in [0.25, 0.3) is 0 Å². The molecule has 2 fully saturated rings. The van der Waals surface area contributed by atoms with E-state index in [0.29, 0.717) is 17.2 Å². The van der Waals surface area contributed by atoms with Gasteiger partial charge >= 0.3 is 0 Å². The maximum absolute atomic E-state index is 12.9. The van der Waals surface area contributed by atoms with E-state index >= 15 is 0 Å². The molecule has 2 saturated carbocycles. The van der Waals surface area contributed by atoms with E-state index in [2.05, 4.69) is 37.9 Å². The summed E-state index contributed by atoms with van der Waals surface area (Å²) in [6, 6.07) is 6.22.